The number of halogens is 1. The van der Waals surface area contributed by atoms with E-state index in [0.717, 1.165) is 10.8 Å². The molecule has 76 valence electrons. The number of carbonyl (C=O) groups is 1. The molecule has 2 rings (SSSR count). The Morgan fingerprint density at radius 2 is 1.80 bits per heavy atom. The van der Waals surface area contributed by atoms with Crippen LogP contribution in [0.25, 0.3) is 10.8 Å². The van der Waals surface area contributed by atoms with E-state index in [1.165, 1.54) is 6.92 Å². The van der Waals surface area contributed by atoms with Gasteiger partial charge in [0.15, 0.2) is 0 Å². The smallest absolute Gasteiger partial charge is 0.251 e. The van der Waals surface area contributed by atoms with Gasteiger partial charge in [-0.15, -0.1) is 5.12 Å². The summed E-state index contributed by atoms with van der Waals surface area (Å²) in [6.45, 7) is 1.20. The molecule has 2 aromatic rings. The Hall–Kier alpha value is -1.90. The SMILES string of the molecule is CC(=O)N(F)c1cccc2ccccc12. The van der Waals surface area contributed by atoms with Crippen molar-refractivity contribution in [3.63, 3.8) is 0 Å². The van der Waals surface area contributed by atoms with E-state index in [4.69, 9.17) is 0 Å². The second-order valence-electron chi connectivity index (χ2n) is 3.30. The summed E-state index contributed by atoms with van der Waals surface area (Å²) in [6.07, 6.45) is 0. The van der Waals surface area contributed by atoms with Crippen LogP contribution in [-0.4, -0.2) is 5.91 Å². The van der Waals surface area contributed by atoms with E-state index < -0.39 is 5.91 Å². The molecule has 0 saturated heterocycles. The van der Waals surface area contributed by atoms with Gasteiger partial charge in [-0.3, -0.25) is 4.79 Å². The molecule has 2 aromatic carbocycles. The normalized spacial score (nSPS) is 10.3. The van der Waals surface area contributed by atoms with Crippen molar-refractivity contribution in [2.24, 2.45) is 0 Å². The van der Waals surface area contributed by atoms with E-state index in [1.807, 2.05) is 24.3 Å². The highest BCUT2D eigenvalue weighted by Gasteiger charge is 2.12. The lowest BCUT2D eigenvalue weighted by Crippen LogP contribution is -2.17. The molecule has 15 heavy (non-hydrogen) atoms. The predicted octanol–water partition coefficient (Wildman–Crippen LogP) is 3.08. The first-order chi connectivity index (χ1) is 7.20. The summed E-state index contributed by atoms with van der Waals surface area (Å²) in [6, 6.07) is 12.6. The highest BCUT2D eigenvalue weighted by molar-refractivity contribution is 6.01. The third-order valence-corrected chi connectivity index (χ3v) is 2.25. The minimum absolute atomic E-state index is 0.169. The van der Waals surface area contributed by atoms with Crippen LogP contribution in [0.5, 0.6) is 0 Å². The van der Waals surface area contributed by atoms with Crippen LogP contribution in [0.3, 0.4) is 0 Å². The fraction of sp³-hybridized carbons (Fsp3) is 0.0833. The zero-order valence-electron chi connectivity index (χ0n) is 8.27. The molecule has 0 spiro atoms. The number of amides is 1. The average molecular weight is 203 g/mol. The summed E-state index contributed by atoms with van der Waals surface area (Å²) in [7, 11) is 0. The molecule has 0 saturated carbocycles. The Bertz CT molecular complexity index is 504. The average Bonchev–Trinajstić information content (AvgIpc) is 2.27. The molecule has 0 aromatic heterocycles. The second-order valence-corrected chi connectivity index (χ2v) is 3.30. The van der Waals surface area contributed by atoms with Crippen LogP contribution in [0, 0.1) is 0 Å². The van der Waals surface area contributed by atoms with Crippen molar-refractivity contribution in [1.29, 1.82) is 0 Å². The fourth-order valence-electron chi connectivity index (χ4n) is 1.55. The number of hydrogen-bond donors (Lipinski definition) is 0. The number of benzene rings is 2. The largest absolute Gasteiger partial charge is 0.272 e. The minimum atomic E-state index is -0.619. The van der Waals surface area contributed by atoms with E-state index >= 15 is 0 Å². The van der Waals surface area contributed by atoms with Crippen LogP contribution < -0.4 is 5.12 Å². The van der Waals surface area contributed by atoms with Gasteiger partial charge in [-0.1, -0.05) is 40.9 Å². The van der Waals surface area contributed by atoms with E-state index in [1.54, 1.807) is 18.2 Å². The van der Waals surface area contributed by atoms with Crippen molar-refractivity contribution in [2.75, 3.05) is 5.12 Å². The topological polar surface area (TPSA) is 20.3 Å². The highest BCUT2D eigenvalue weighted by atomic mass is 19.2. The highest BCUT2D eigenvalue weighted by Crippen LogP contribution is 2.26. The standard InChI is InChI=1S/C12H10FNO/c1-9(15)14(13)12-8-4-6-10-5-2-3-7-11(10)12/h2-8H,1H3. The van der Waals surface area contributed by atoms with Gasteiger partial charge < -0.3 is 0 Å². The molecule has 2 nitrogen and oxygen atoms in total. The van der Waals surface area contributed by atoms with Gasteiger partial charge in [0.2, 0.25) is 0 Å². The fourth-order valence-corrected chi connectivity index (χ4v) is 1.55. The lowest BCUT2D eigenvalue weighted by atomic mass is 10.1. The van der Waals surface area contributed by atoms with Crippen molar-refractivity contribution < 1.29 is 9.28 Å². The van der Waals surface area contributed by atoms with E-state index in [9.17, 15) is 9.28 Å². The Labute approximate surface area is 86.9 Å². The van der Waals surface area contributed by atoms with Crippen molar-refractivity contribution in [3.05, 3.63) is 42.5 Å². The molecule has 0 aliphatic rings. The van der Waals surface area contributed by atoms with Gasteiger partial charge in [-0.2, -0.15) is 0 Å². The number of anilines is 1. The monoisotopic (exact) mass is 203 g/mol. The first-order valence-electron chi connectivity index (χ1n) is 4.64. The van der Waals surface area contributed by atoms with Gasteiger partial charge >= 0.3 is 0 Å². The third kappa shape index (κ3) is 1.68. The van der Waals surface area contributed by atoms with Crippen LogP contribution in [0.4, 0.5) is 10.2 Å². The Morgan fingerprint density at radius 1 is 1.13 bits per heavy atom. The van der Waals surface area contributed by atoms with Gasteiger partial charge in [0.25, 0.3) is 5.91 Å². The van der Waals surface area contributed by atoms with E-state index in [-0.39, 0.29) is 5.12 Å². The van der Waals surface area contributed by atoms with Gasteiger partial charge in [0.1, 0.15) is 0 Å². The number of hydrogen-bond acceptors (Lipinski definition) is 1. The molecule has 0 radical (unpaired) electrons. The zero-order valence-corrected chi connectivity index (χ0v) is 8.27. The molecule has 0 bridgehead atoms. The molecule has 0 aliphatic carbocycles. The molecule has 1 amide bonds. The second kappa shape index (κ2) is 3.69. The summed E-state index contributed by atoms with van der Waals surface area (Å²) in [5.74, 6) is -0.619. The van der Waals surface area contributed by atoms with Gasteiger partial charge in [0, 0.05) is 12.3 Å². The van der Waals surface area contributed by atoms with Crippen molar-refractivity contribution >= 4 is 22.4 Å². The zero-order chi connectivity index (χ0) is 10.8. The summed E-state index contributed by atoms with van der Waals surface area (Å²) < 4.78 is 13.5. The Kier molecular flexibility index (Phi) is 2.37. The maximum Gasteiger partial charge on any atom is 0.251 e. The van der Waals surface area contributed by atoms with Crippen molar-refractivity contribution in [2.45, 2.75) is 6.92 Å². The van der Waals surface area contributed by atoms with Gasteiger partial charge in [-0.25, -0.2) is 0 Å². The van der Waals surface area contributed by atoms with Gasteiger partial charge in [-0.05, 0) is 11.5 Å². The lowest BCUT2D eigenvalue weighted by molar-refractivity contribution is -0.119. The predicted molar refractivity (Wildman–Crippen MR) is 58.2 cm³/mol. The lowest BCUT2D eigenvalue weighted by Gasteiger charge is -2.11. The van der Waals surface area contributed by atoms with Crippen molar-refractivity contribution in [1.82, 2.24) is 0 Å². The molecule has 0 fully saturated rings. The van der Waals surface area contributed by atoms with Crippen LogP contribution in [0.15, 0.2) is 42.5 Å². The Balaban J connectivity index is 2.65. The van der Waals surface area contributed by atoms with Crippen LogP contribution in [0.2, 0.25) is 0 Å². The molecule has 0 unspecified atom stereocenters. The first-order valence-corrected chi connectivity index (χ1v) is 4.64. The maximum atomic E-state index is 13.5. The maximum absolute atomic E-state index is 13.5. The number of carbonyl (C=O) groups excluding carboxylic acids is 1. The summed E-state index contributed by atoms with van der Waals surface area (Å²) >= 11 is 0. The number of fused-ring (bicyclic) bond motifs is 1. The first kappa shape index (κ1) is 9.65. The summed E-state index contributed by atoms with van der Waals surface area (Å²) in [5, 5.41) is 1.82. The van der Waals surface area contributed by atoms with E-state index in [0.29, 0.717) is 5.69 Å². The Morgan fingerprint density at radius 3 is 2.53 bits per heavy atom. The molecule has 3 heteroatoms. The third-order valence-electron chi connectivity index (χ3n) is 2.25. The van der Waals surface area contributed by atoms with Crippen molar-refractivity contribution in [3.8, 4) is 0 Å². The quantitative estimate of drug-likeness (QED) is 0.652. The molecule has 0 atom stereocenters. The summed E-state index contributed by atoms with van der Waals surface area (Å²) in [5.41, 5.74) is 0.292. The van der Waals surface area contributed by atoms with Crippen LogP contribution >= 0.6 is 0 Å². The van der Waals surface area contributed by atoms with Crippen LogP contribution in [-0.2, 0) is 4.79 Å². The molecular weight excluding hydrogens is 193 g/mol. The molecule has 0 aliphatic heterocycles. The number of rotatable bonds is 1. The molecule has 0 N–H and O–H groups in total. The van der Waals surface area contributed by atoms with Crippen LogP contribution in [0.1, 0.15) is 6.92 Å². The molecular formula is C12H10FNO. The molecule has 0 heterocycles. The number of nitrogens with zero attached hydrogens (tertiary/aromatic N) is 1. The van der Waals surface area contributed by atoms with E-state index in [2.05, 4.69) is 0 Å². The minimum Gasteiger partial charge on any atom is -0.272 e. The summed E-state index contributed by atoms with van der Waals surface area (Å²) in [4.78, 5) is 10.9. The van der Waals surface area contributed by atoms with Gasteiger partial charge in [0.05, 0.1) is 5.69 Å².